The van der Waals surface area contributed by atoms with Crippen LogP contribution in [0.1, 0.15) is 30.9 Å². The number of nitrogen functional groups attached to an aromatic ring is 1. The van der Waals surface area contributed by atoms with Crippen LogP contribution in [0.4, 0.5) is 5.82 Å². The fraction of sp³-hybridized carbons (Fsp3) is 0.438. The molecule has 2 aliphatic rings. The number of fused-ring (bicyclic) bond motifs is 1. The SMILES string of the molecule is Cn1nc(C2CC3CC3C2)c(-c2cccc(Br)c2)c1N. The second kappa shape index (κ2) is 4.35. The summed E-state index contributed by atoms with van der Waals surface area (Å²) in [5, 5.41) is 4.73. The zero-order valence-electron chi connectivity index (χ0n) is 11.5. The van der Waals surface area contributed by atoms with Crippen LogP contribution in [0.3, 0.4) is 0 Å². The molecule has 3 nitrogen and oxygen atoms in total. The van der Waals surface area contributed by atoms with Gasteiger partial charge in [-0.15, -0.1) is 0 Å². The van der Waals surface area contributed by atoms with Gasteiger partial charge in [-0.3, -0.25) is 4.68 Å². The number of nitrogens with two attached hydrogens (primary N) is 1. The van der Waals surface area contributed by atoms with Crippen molar-refractivity contribution in [2.24, 2.45) is 18.9 Å². The lowest BCUT2D eigenvalue weighted by atomic mass is 9.93. The third-order valence-corrected chi connectivity index (χ3v) is 5.36. The monoisotopic (exact) mass is 331 g/mol. The smallest absolute Gasteiger partial charge is 0.129 e. The molecule has 4 rings (SSSR count). The van der Waals surface area contributed by atoms with E-state index >= 15 is 0 Å². The predicted molar refractivity (Wildman–Crippen MR) is 84.3 cm³/mol. The van der Waals surface area contributed by atoms with Gasteiger partial charge in [0.2, 0.25) is 0 Å². The van der Waals surface area contributed by atoms with E-state index in [2.05, 4.69) is 34.1 Å². The standard InChI is InChI=1S/C16H18BrN3/c1-20-16(18)14(9-3-2-4-13(17)8-9)15(19-20)12-6-10-5-11(10)7-12/h2-4,8,10-12H,5-7,18H2,1H3. The predicted octanol–water partition coefficient (Wildman–Crippen LogP) is 3.95. The number of rotatable bonds is 2. The molecule has 0 aliphatic heterocycles. The van der Waals surface area contributed by atoms with E-state index in [1.54, 1.807) is 0 Å². The van der Waals surface area contributed by atoms with Crippen LogP contribution < -0.4 is 5.73 Å². The number of benzene rings is 1. The maximum Gasteiger partial charge on any atom is 0.129 e. The number of aryl methyl sites for hydroxylation is 1. The molecule has 0 radical (unpaired) electrons. The Labute approximate surface area is 127 Å². The van der Waals surface area contributed by atoms with Gasteiger partial charge < -0.3 is 5.73 Å². The number of aromatic nitrogens is 2. The van der Waals surface area contributed by atoms with Gasteiger partial charge in [0, 0.05) is 23.0 Å². The molecule has 2 unspecified atom stereocenters. The first-order valence-electron chi connectivity index (χ1n) is 7.21. The molecular weight excluding hydrogens is 314 g/mol. The minimum atomic E-state index is 0.594. The van der Waals surface area contributed by atoms with Crippen LogP contribution in [0.2, 0.25) is 0 Å². The van der Waals surface area contributed by atoms with E-state index in [4.69, 9.17) is 10.8 Å². The lowest BCUT2D eigenvalue weighted by molar-refractivity contribution is 0.594. The van der Waals surface area contributed by atoms with Crippen LogP contribution in [0.25, 0.3) is 11.1 Å². The molecule has 0 saturated heterocycles. The highest BCUT2D eigenvalue weighted by atomic mass is 79.9. The van der Waals surface area contributed by atoms with Gasteiger partial charge in [-0.05, 0) is 48.8 Å². The summed E-state index contributed by atoms with van der Waals surface area (Å²) in [6.07, 6.45) is 4.02. The maximum absolute atomic E-state index is 6.28. The molecule has 2 aromatic rings. The van der Waals surface area contributed by atoms with Crippen LogP contribution in [0.5, 0.6) is 0 Å². The summed E-state index contributed by atoms with van der Waals surface area (Å²) < 4.78 is 2.91. The lowest BCUT2D eigenvalue weighted by Gasteiger charge is -2.12. The maximum atomic E-state index is 6.28. The molecular formula is C16H18BrN3. The minimum Gasteiger partial charge on any atom is -0.383 e. The first kappa shape index (κ1) is 12.5. The topological polar surface area (TPSA) is 43.8 Å². The number of halogens is 1. The Balaban J connectivity index is 1.81. The van der Waals surface area contributed by atoms with E-state index in [1.165, 1.54) is 30.5 Å². The Bertz CT molecular complexity index is 666. The van der Waals surface area contributed by atoms with E-state index < -0.39 is 0 Å². The van der Waals surface area contributed by atoms with Crippen molar-refractivity contribution in [2.45, 2.75) is 25.2 Å². The highest BCUT2D eigenvalue weighted by molar-refractivity contribution is 9.10. The summed E-state index contributed by atoms with van der Waals surface area (Å²) in [6.45, 7) is 0. The van der Waals surface area contributed by atoms with Crippen LogP contribution in [-0.2, 0) is 7.05 Å². The molecule has 1 heterocycles. The quantitative estimate of drug-likeness (QED) is 0.905. The summed E-state index contributed by atoms with van der Waals surface area (Å²) in [7, 11) is 1.94. The molecule has 1 aromatic carbocycles. The molecule has 0 spiro atoms. The van der Waals surface area contributed by atoms with Gasteiger partial charge in [0.25, 0.3) is 0 Å². The first-order chi connectivity index (χ1) is 9.63. The summed E-state index contributed by atoms with van der Waals surface area (Å²) in [5.74, 6) is 3.28. The molecule has 2 aliphatic carbocycles. The van der Waals surface area contributed by atoms with Crippen LogP contribution in [0, 0.1) is 11.8 Å². The summed E-state index contributed by atoms with van der Waals surface area (Å²) in [5.41, 5.74) is 9.79. The van der Waals surface area contributed by atoms with E-state index in [0.29, 0.717) is 5.92 Å². The third kappa shape index (κ3) is 1.89. The average Bonchev–Trinajstić information content (AvgIpc) is 2.91. The van der Waals surface area contributed by atoms with Crippen molar-refractivity contribution in [2.75, 3.05) is 5.73 Å². The molecule has 0 amide bonds. The van der Waals surface area contributed by atoms with E-state index in [0.717, 1.165) is 27.7 Å². The molecule has 2 saturated carbocycles. The van der Waals surface area contributed by atoms with Crippen LogP contribution >= 0.6 is 15.9 Å². The van der Waals surface area contributed by atoms with Gasteiger partial charge in [-0.25, -0.2) is 0 Å². The Morgan fingerprint density at radius 2 is 2.00 bits per heavy atom. The largest absolute Gasteiger partial charge is 0.383 e. The fourth-order valence-electron chi connectivity index (χ4n) is 3.72. The fourth-order valence-corrected chi connectivity index (χ4v) is 4.12. The zero-order valence-corrected chi connectivity index (χ0v) is 13.1. The minimum absolute atomic E-state index is 0.594. The van der Waals surface area contributed by atoms with Gasteiger partial charge in [0.05, 0.1) is 5.69 Å². The van der Waals surface area contributed by atoms with E-state index in [1.807, 2.05) is 17.8 Å². The summed E-state index contributed by atoms with van der Waals surface area (Å²) in [6, 6.07) is 8.35. The Hall–Kier alpha value is -1.29. The van der Waals surface area contributed by atoms with Crippen molar-refractivity contribution >= 4 is 21.7 Å². The third-order valence-electron chi connectivity index (χ3n) is 4.86. The van der Waals surface area contributed by atoms with Crippen LogP contribution in [0.15, 0.2) is 28.7 Å². The van der Waals surface area contributed by atoms with Crippen molar-refractivity contribution in [1.82, 2.24) is 9.78 Å². The molecule has 1 aromatic heterocycles. The molecule has 2 fully saturated rings. The Kier molecular flexibility index (Phi) is 2.71. The summed E-state index contributed by atoms with van der Waals surface area (Å²) >= 11 is 3.55. The number of hydrogen-bond acceptors (Lipinski definition) is 2. The number of nitrogens with zero attached hydrogens (tertiary/aromatic N) is 2. The normalized spacial score (nSPS) is 27.6. The molecule has 20 heavy (non-hydrogen) atoms. The average molecular weight is 332 g/mol. The van der Waals surface area contributed by atoms with Gasteiger partial charge >= 0.3 is 0 Å². The molecule has 104 valence electrons. The Morgan fingerprint density at radius 1 is 1.25 bits per heavy atom. The zero-order chi connectivity index (χ0) is 13.9. The number of hydrogen-bond donors (Lipinski definition) is 1. The second-order valence-electron chi connectivity index (χ2n) is 6.20. The van der Waals surface area contributed by atoms with E-state index in [-0.39, 0.29) is 0 Å². The van der Waals surface area contributed by atoms with Crippen molar-refractivity contribution < 1.29 is 0 Å². The first-order valence-corrected chi connectivity index (χ1v) is 8.01. The van der Waals surface area contributed by atoms with Crippen molar-refractivity contribution in [1.29, 1.82) is 0 Å². The molecule has 0 bridgehead atoms. The van der Waals surface area contributed by atoms with Gasteiger partial charge in [-0.1, -0.05) is 28.1 Å². The van der Waals surface area contributed by atoms with Gasteiger partial charge in [-0.2, -0.15) is 5.10 Å². The van der Waals surface area contributed by atoms with Crippen molar-refractivity contribution in [3.63, 3.8) is 0 Å². The van der Waals surface area contributed by atoms with Crippen molar-refractivity contribution in [3.05, 3.63) is 34.4 Å². The second-order valence-corrected chi connectivity index (χ2v) is 7.12. The molecule has 4 heteroatoms. The summed E-state index contributed by atoms with van der Waals surface area (Å²) in [4.78, 5) is 0. The highest BCUT2D eigenvalue weighted by Gasteiger charge is 2.47. The van der Waals surface area contributed by atoms with Crippen molar-refractivity contribution in [3.8, 4) is 11.1 Å². The number of anilines is 1. The molecule has 2 N–H and O–H groups in total. The Morgan fingerprint density at radius 3 is 2.70 bits per heavy atom. The van der Waals surface area contributed by atoms with Crippen LogP contribution in [-0.4, -0.2) is 9.78 Å². The van der Waals surface area contributed by atoms with Gasteiger partial charge in [0.15, 0.2) is 0 Å². The van der Waals surface area contributed by atoms with E-state index in [9.17, 15) is 0 Å². The molecule has 2 atom stereocenters. The van der Waals surface area contributed by atoms with Gasteiger partial charge in [0.1, 0.15) is 5.82 Å². The highest BCUT2D eigenvalue weighted by Crippen LogP contribution is 2.58. The lowest BCUT2D eigenvalue weighted by Crippen LogP contribution is -2.00.